The van der Waals surface area contributed by atoms with Crippen molar-refractivity contribution in [1.82, 2.24) is 35.1 Å². The van der Waals surface area contributed by atoms with Crippen LogP contribution in [0.4, 0.5) is 0 Å². The first-order valence-electron chi connectivity index (χ1n) is 12.1. The van der Waals surface area contributed by atoms with Crippen LogP contribution in [0.25, 0.3) is 0 Å². The molecule has 0 aromatic carbocycles. The van der Waals surface area contributed by atoms with Crippen molar-refractivity contribution in [1.29, 1.82) is 0 Å². The summed E-state index contributed by atoms with van der Waals surface area (Å²) in [5.41, 5.74) is -0.493. The maximum atomic E-state index is 13.1. The molecule has 33 heavy (non-hydrogen) atoms. The van der Waals surface area contributed by atoms with Gasteiger partial charge < -0.3 is 25.3 Å². The second kappa shape index (κ2) is 9.80. The molecule has 2 N–H and O–H groups in total. The summed E-state index contributed by atoms with van der Waals surface area (Å²) in [5.74, 6) is -0.754. The minimum Gasteiger partial charge on any atom is -0.351 e. The van der Waals surface area contributed by atoms with E-state index in [1.807, 2.05) is 0 Å². The van der Waals surface area contributed by atoms with E-state index in [4.69, 9.17) is 0 Å². The number of carbonyl (C=O) groups is 3. The third kappa shape index (κ3) is 5.06. The van der Waals surface area contributed by atoms with E-state index in [2.05, 4.69) is 32.6 Å². The van der Waals surface area contributed by atoms with Crippen molar-refractivity contribution in [2.75, 3.05) is 53.4 Å². The Bertz CT molecular complexity index is 887. The van der Waals surface area contributed by atoms with Crippen molar-refractivity contribution in [3.05, 3.63) is 17.5 Å². The van der Waals surface area contributed by atoms with Crippen molar-refractivity contribution in [2.24, 2.45) is 0 Å². The molecule has 1 aliphatic carbocycles. The van der Waals surface area contributed by atoms with Crippen LogP contribution < -0.4 is 10.6 Å². The molecule has 0 spiro atoms. The van der Waals surface area contributed by atoms with Crippen LogP contribution in [-0.4, -0.2) is 107 Å². The number of amides is 3. The number of fused-ring (bicyclic) bond motifs is 1. The lowest BCUT2D eigenvalue weighted by atomic mass is 9.95. The van der Waals surface area contributed by atoms with E-state index in [0.29, 0.717) is 12.2 Å². The van der Waals surface area contributed by atoms with Gasteiger partial charge in [-0.25, -0.2) is 0 Å². The molecule has 1 atom stereocenters. The van der Waals surface area contributed by atoms with E-state index < -0.39 is 5.54 Å². The monoisotopic (exact) mass is 459 g/mol. The largest absolute Gasteiger partial charge is 0.351 e. The number of hydrogen-bond acceptors (Lipinski definition) is 6. The fourth-order valence-corrected chi connectivity index (χ4v) is 4.92. The lowest BCUT2D eigenvalue weighted by Gasteiger charge is -2.41. The van der Waals surface area contributed by atoms with Crippen LogP contribution in [0.5, 0.6) is 0 Å². The van der Waals surface area contributed by atoms with Crippen LogP contribution >= 0.6 is 0 Å². The highest BCUT2D eigenvalue weighted by Gasteiger charge is 2.46. The fourth-order valence-electron chi connectivity index (χ4n) is 4.92. The van der Waals surface area contributed by atoms with Crippen molar-refractivity contribution in [3.63, 3.8) is 0 Å². The summed E-state index contributed by atoms with van der Waals surface area (Å²) >= 11 is 0. The average Bonchev–Trinajstić information content (AvgIpc) is 3.46. The van der Waals surface area contributed by atoms with Gasteiger partial charge in [-0.1, -0.05) is 12.8 Å². The van der Waals surface area contributed by atoms with Crippen LogP contribution in [0.3, 0.4) is 0 Å². The van der Waals surface area contributed by atoms with E-state index in [1.54, 1.807) is 14.0 Å². The Kier molecular flexibility index (Phi) is 7.04. The molecule has 1 saturated carbocycles. The highest BCUT2D eigenvalue weighted by Crippen LogP contribution is 2.27. The predicted molar refractivity (Wildman–Crippen MR) is 124 cm³/mol. The Balaban J connectivity index is 1.34. The summed E-state index contributed by atoms with van der Waals surface area (Å²) in [7, 11) is 3.78. The third-order valence-corrected chi connectivity index (χ3v) is 7.45. The summed E-state index contributed by atoms with van der Waals surface area (Å²) < 4.78 is 1.51. The quantitative estimate of drug-likeness (QED) is 0.563. The molecule has 2 fully saturated rings. The van der Waals surface area contributed by atoms with E-state index >= 15 is 0 Å². The van der Waals surface area contributed by atoms with Gasteiger partial charge in [-0.2, -0.15) is 5.10 Å². The SMILES string of the molecule is CN1CCN(CCCNC(=O)c2cc3n(n2)C[C@](C)(C(=O)NC2CCCC2)N(C)C3=O)CC1. The predicted octanol–water partition coefficient (Wildman–Crippen LogP) is 0.154. The van der Waals surface area contributed by atoms with Crippen molar-refractivity contribution in [3.8, 4) is 0 Å². The first-order valence-corrected chi connectivity index (χ1v) is 12.1. The van der Waals surface area contributed by atoms with Crippen LogP contribution in [0.15, 0.2) is 6.07 Å². The third-order valence-electron chi connectivity index (χ3n) is 7.45. The van der Waals surface area contributed by atoms with Gasteiger partial charge in [0.1, 0.15) is 11.2 Å². The first-order chi connectivity index (χ1) is 15.8. The number of nitrogens with zero attached hydrogens (tertiary/aromatic N) is 5. The van der Waals surface area contributed by atoms with Gasteiger partial charge in [0.05, 0.1) is 6.54 Å². The smallest absolute Gasteiger partial charge is 0.272 e. The highest BCUT2D eigenvalue weighted by atomic mass is 16.2. The van der Waals surface area contributed by atoms with Gasteiger partial charge in [0.2, 0.25) is 5.91 Å². The minimum absolute atomic E-state index is 0.165. The molecule has 3 heterocycles. The fraction of sp³-hybridized carbons (Fsp3) is 0.739. The average molecular weight is 460 g/mol. The van der Waals surface area contributed by atoms with Crippen LogP contribution in [0.1, 0.15) is 60.0 Å². The van der Waals surface area contributed by atoms with E-state index in [9.17, 15) is 14.4 Å². The van der Waals surface area contributed by atoms with Gasteiger partial charge >= 0.3 is 0 Å². The molecule has 10 heteroatoms. The Morgan fingerprint density at radius 1 is 1.15 bits per heavy atom. The number of piperazine rings is 1. The number of hydrogen-bond donors (Lipinski definition) is 2. The Hall–Kier alpha value is -2.46. The van der Waals surface area contributed by atoms with Gasteiger partial charge in [0, 0.05) is 51.9 Å². The zero-order chi connectivity index (χ0) is 23.6. The lowest BCUT2D eigenvalue weighted by molar-refractivity contribution is -0.133. The maximum absolute atomic E-state index is 13.1. The molecule has 3 amide bonds. The molecule has 1 aromatic rings. The van der Waals surface area contributed by atoms with Crippen LogP contribution in [0, 0.1) is 0 Å². The van der Waals surface area contributed by atoms with E-state index in [1.165, 1.54) is 15.6 Å². The number of carbonyl (C=O) groups excluding carboxylic acids is 3. The molecule has 0 bridgehead atoms. The van der Waals surface area contributed by atoms with Gasteiger partial charge in [0.25, 0.3) is 11.8 Å². The van der Waals surface area contributed by atoms with Crippen LogP contribution in [0.2, 0.25) is 0 Å². The maximum Gasteiger partial charge on any atom is 0.272 e. The second-order valence-electron chi connectivity index (χ2n) is 9.92. The molecule has 4 rings (SSSR count). The van der Waals surface area contributed by atoms with Gasteiger partial charge in [-0.15, -0.1) is 0 Å². The number of rotatable bonds is 7. The molecular weight excluding hydrogens is 422 g/mol. The molecule has 3 aliphatic rings. The Morgan fingerprint density at radius 3 is 2.55 bits per heavy atom. The molecule has 0 radical (unpaired) electrons. The molecule has 2 aliphatic heterocycles. The number of likely N-dealkylation sites (N-methyl/N-ethyl adjacent to an activating group) is 2. The van der Waals surface area contributed by atoms with Gasteiger partial charge in [-0.3, -0.25) is 19.1 Å². The molecule has 182 valence electrons. The summed E-state index contributed by atoms with van der Waals surface area (Å²) in [4.78, 5) is 45.0. The summed E-state index contributed by atoms with van der Waals surface area (Å²) in [6.45, 7) is 7.76. The minimum atomic E-state index is -1.05. The Morgan fingerprint density at radius 2 is 1.85 bits per heavy atom. The lowest BCUT2D eigenvalue weighted by Crippen LogP contribution is -2.63. The number of nitrogens with one attached hydrogen (secondary N) is 2. The normalized spacial score (nSPS) is 24.7. The standard InChI is InChI=1S/C23H37N7O3/c1-23(22(33)25-17-7-4-5-8-17)16-30-19(21(32)28(23)3)15-18(26-30)20(31)24-9-6-10-29-13-11-27(2)12-14-29/h15,17H,4-14,16H2,1-3H3,(H,24,31)(H,25,33)/t23-/m1/s1. The Labute approximate surface area is 195 Å². The van der Waals surface area contributed by atoms with Crippen molar-refractivity contribution in [2.45, 2.75) is 57.2 Å². The zero-order valence-electron chi connectivity index (χ0n) is 20.1. The molecule has 1 aromatic heterocycles. The zero-order valence-corrected chi connectivity index (χ0v) is 20.1. The molecule has 1 saturated heterocycles. The van der Waals surface area contributed by atoms with Crippen LogP contribution in [-0.2, 0) is 11.3 Å². The summed E-state index contributed by atoms with van der Waals surface area (Å²) in [6, 6.07) is 1.70. The highest BCUT2D eigenvalue weighted by molar-refractivity contribution is 6.01. The number of aromatic nitrogens is 2. The van der Waals surface area contributed by atoms with Crippen molar-refractivity contribution >= 4 is 17.7 Å². The summed E-state index contributed by atoms with van der Waals surface area (Å²) in [5, 5.41) is 10.4. The second-order valence-corrected chi connectivity index (χ2v) is 9.92. The van der Waals surface area contributed by atoms with Gasteiger partial charge in [0.15, 0.2) is 5.69 Å². The van der Waals surface area contributed by atoms with Gasteiger partial charge in [-0.05, 0) is 39.8 Å². The molecular formula is C23H37N7O3. The topological polar surface area (TPSA) is 103 Å². The molecule has 0 unspecified atom stereocenters. The summed E-state index contributed by atoms with van der Waals surface area (Å²) in [6.07, 6.45) is 5.06. The van der Waals surface area contributed by atoms with E-state index in [0.717, 1.165) is 64.8 Å². The van der Waals surface area contributed by atoms with Crippen molar-refractivity contribution < 1.29 is 14.4 Å². The molecule has 10 nitrogen and oxygen atoms in total. The van der Waals surface area contributed by atoms with E-state index in [-0.39, 0.29) is 36.0 Å². The first kappa shape index (κ1) is 23.7.